The third-order valence-corrected chi connectivity index (χ3v) is 7.26. The Kier molecular flexibility index (Phi) is 10.3. The molecule has 1 aliphatic heterocycles. The SMILES string of the molecule is COc1ccc(C[C@H](NC(=O)[C@@H](C)NC(=O)C[C@@H](C)O)C(=O)N[C@@H](CC2CCCC2)C(=O)[C@]2(C)CO2)cc1. The molecule has 3 amide bonds. The van der Waals surface area contributed by atoms with E-state index in [9.17, 15) is 24.3 Å². The maximum atomic E-state index is 13.6. The van der Waals surface area contributed by atoms with Gasteiger partial charge in [0.15, 0.2) is 5.78 Å². The van der Waals surface area contributed by atoms with Crippen molar-refractivity contribution >= 4 is 23.5 Å². The number of aliphatic hydroxyl groups excluding tert-OH is 1. The standard InChI is InChI=1S/C28H41N3O7/c1-17(32)13-24(33)29-18(2)26(35)31-23(15-20-9-11-21(37-4)12-10-20)27(36)30-22(14-19-7-5-6-8-19)25(34)28(3)16-38-28/h9-12,17-19,22-23,32H,5-8,13-16H2,1-4H3,(H,29,33)(H,30,36)(H,31,35)/t17-,18-,22+,23+,28+/m1/s1. The molecule has 10 heteroatoms. The summed E-state index contributed by atoms with van der Waals surface area (Å²) in [5.74, 6) is -0.630. The Bertz CT molecular complexity index is 985. The molecule has 2 fully saturated rings. The summed E-state index contributed by atoms with van der Waals surface area (Å²) in [6.45, 7) is 5.06. The monoisotopic (exact) mass is 531 g/mol. The minimum absolute atomic E-state index is 0.140. The Morgan fingerprint density at radius 2 is 1.63 bits per heavy atom. The van der Waals surface area contributed by atoms with Crippen LogP contribution in [0.25, 0.3) is 0 Å². The Morgan fingerprint density at radius 1 is 1.03 bits per heavy atom. The molecule has 0 aromatic heterocycles. The number of hydrogen-bond donors (Lipinski definition) is 4. The van der Waals surface area contributed by atoms with E-state index in [0.29, 0.717) is 24.7 Å². The molecular weight excluding hydrogens is 490 g/mol. The minimum Gasteiger partial charge on any atom is -0.497 e. The lowest BCUT2D eigenvalue weighted by atomic mass is 9.90. The van der Waals surface area contributed by atoms with Gasteiger partial charge in [0.1, 0.15) is 23.4 Å². The number of aliphatic hydroxyl groups is 1. The predicted molar refractivity (Wildman–Crippen MR) is 140 cm³/mol. The number of nitrogens with one attached hydrogen (secondary N) is 3. The van der Waals surface area contributed by atoms with Crippen LogP contribution in [0, 0.1) is 5.92 Å². The first-order valence-corrected chi connectivity index (χ1v) is 13.4. The molecule has 3 rings (SSSR count). The summed E-state index contributed by atoms with van der Waals surface area (Å²) in [4.78, 5) is 51.8. The highest BCUT2D eigenvalue weighted by Crippen LogP contribution is 2.33. The van der Waals surface area contributed by atoms with E-state index in [2.05, 4.69) is 16.0 Å². The van der Waals surface area contributed by atoms with Gasteiger partial charge < -0.3 is 30.5 Å². The van der Waals surface area contributed by atoms with E-state index < -0.39 is 47.6 Å². The summed E-state index contributed by atoms with van der Waals surface area (Å²) < 4.78 is 10.6. The minimum atomic E-state index is -0.987. The first kappa shape index (κ1) is 29.6. The number of benzene rings is 1. The third kappa shape index (κ3) is 8.52. The molecule has 1 saturated heterocycles. The average Bonchev–Trinajstić information content (AvgIpc) is 3.41. The van der Waals surface area contributed by atoms with E-state index in [-0.39, 0.29) is 18.6 Å². The second-order valence-corrected chi connectivity index (χ2v) is 10.8. The maximum Gasteiger partial charge on any atom is 0.243 e. The number of epoxide rings is 1. The fourth-order valence-corrected chi connectivity index (χ4v) is 4.84. The van der Waals surface area contributed by atoms with Crippen molar-refractivity contribution < 1.29 is 33.8 Å². The van der Waals surface area contributed by atoms with Gasteiger partial charge in [-0.25, -0.2) is 0 Å². The van der Waals surface area contributed by atoms with Crippen molar-refractivity contribution in [2.24, 2.45) is 5.92 Å². The van der Waals surface area contributed by atoms with Crippen molar-refractivity contribution in [2.75, 3.05) is 13.7 Å². The quantitative estimate of drug-likeness (QED) is 0.266. The first-order chi connectivity index (χ1) is 18.0. The molecule has 1 aliphatic carbocycles. The normalized spacial score (nSPS) is 22.0. The summed E-state index contributed by atoms with van der Waals surface area (Å²) >= 11 is 0. The summed E-state index contributed by atoms with van der Waals surface area (Å²) in [7, 11) is 1.56. The number of carbonyl (C=O) groups is 4. The van der Waals surface area contributed by atoms with Crippen LogP contribution in [0.2, 0.25) is 0 Å². The number of hydrogen-bond acceptors (Lipinski definition) is 7. The van der Waals surface area contributed by atoms with Crippen molar-refractivity contribution in [3.8, 4) is 5.75 Å². The molecule has 1 heterocycles. The molecule has 4 N–H and O–H groups in total. The lowest BCUT2D eigenvalue weighted by Gasteiger charge is -2.26. The lowest BCUT2D eigenvalue weighted by molar-refractivity contribution is -0.134. The number of methoxy groups -OCH3 is 1. The fraction of sp³-hybridized carbons (Fsp3) is 0.643. The molecule has 210 valence electrons. The molecule has 0 spiro atoms. The van der Waals surface area contributed by atoms with Crippen LogP contribution in [-0.2, 0) is 30.3 Å². The van der Waals surface area contributed by atoms with Gasteiger partial charge in [0, 0.05) is 6.42 Å². The van der Waals surface area contributed by atoms with Gasteiger partial charge in [0.25, 0.3) is 0 Å². The average molecular weight is 532 g/mol. The molecule has 2 aliphatic rings. The molecule has 1 aromatic rings. The number of carbonyl (C=O) groups excluding carboxylic acids is 4. The number of ketones is 1. The maximum absolute atomic E-state index is 13.6. The highest BCUT2D eigenvalue weighted by molar-refractivity contribution is 5.98. The fourth-order valence-electron chi connectivity index (χ4n) is 4.84. The van der Waals surface area contributed by atoms with E-state index in [1.54, 1.807) is 38.3 Å². The summed E-state index contributed by atoms with van der Waals surface area (Å²) in [5.41, 5.74) is -0.0957. The van der Waals surface area contributed by atoms with Crippen molar-refractivity contribution in [3.63, 3.8) is 0 Å². The van der Waals surface area contributed by atoms with Gasteiger partial charge in [-0.3, -0.25) is 19.2 Å². The van der Waals surface area contributed by atoms with Gasteiger partial charge in [0.05, 0.1) is 32.3 Å². The van der Waals surface area contributed by atoms with E-state index >= 15 is 0 Å². The van der Waals surface area contributed by atoms with Crippen LogP contribution in [0.1, 0.15) is 64.9 Å². The van der Waals surface area contributed by atoms with E-state index in [0.717, 1.165) is 31.2 Å². The Morgan fingerprint density at radius 3 is 2.18 bits per heavy atom. The molecule has 0 bridgehead atoms. The second-order valence-electron chi connectivity index (χ2n) is 10.8. The van der Waals surface area contributed by atoms with E-state index in [1.807, 2.05) is 0 Å². The zero-order valence-electron chi connectivity index (χ0n) is 22.7. The number of rotatable bonds is 14. The Hall–Kier alpha value is -2.98. The highest BCUT2D eigenvalue weighted by atomic mass is 16.6. The summed E-state index contributed by atoms with van der Waals surface area (Å²) in [5, 5.41) is 17.6. The van der Waals surface area contributed by atoms with Gasteiger partial charge >= 0.3 is 0 Å². The van der Waals surface area contributed by atoms with Gasteiger partial charge in [-0.1, -0.05) is 37.8 Å². The van der Waals surface area contributed by atoms with Crippen molar-refractivity contribution in [2.45, 2.75) is 95.5 Å². The van der Waals surface area contributed by atoms with E-state index in [4.69, 9.17) is 9.47 Å². The van der Waals surface area contributed by atoms with Gasteiger partial charge in [-0.05, 0) is 50.8 Å². The lowest BCUT2D eigenvalue weighted by Crippen LogP contribution is -2.57. The van der Waals surface area contributed by atoms with Crippen LogP contribution in [0.15, 0.2) is 24.3 Å². The number of Topliss-reactive ketones (excluding diaryl/α,β-unsaturated/α-hetero) is 1. The van der Waals surface area contributed by atoms with Crippen LogP contribution in [0.5, 0.6) is 5.75 Å². The van der Waals surface area contributed by atoms with Crippen molar-refractivity contribution in [1.82, 2.24) is 16.0 Å². The van der Waals surface area contributed by atoms with Crippen LogP contribution in [-0.4, -0.2) is 72.2 Å². The summed E-state index contributed by atoms with van der Waals surface area (Å²) in [6.07, 6.45) is 4.00. The molecule has 5 atom stereocenters. The van der Waals surface area contributed by atoms with Crippen LogP contribution in [0.4, 0.5) is 0 Å². The van der Waals surface area contributed by atoms with Crippen molar-refractivity contribution in [1.29, 1.82) is 0 Å². The van der Waals surface area contributed by atoms with Crippen LogP contribution < -0.4 is 20.7 Å². The summed E-state index contributed by atoms with van der Waals surface area (Å²) in [6, 6.07) is 4.52. The van der Waals surface area contributed by atoms with Crippen LogP contribution in [0.3, 0.4) is 0 Å². The molecule has 38 heavy (non-hydrogen) atoms. The topological polar surface area (TPSA) is 146 Å². The largest absolute Gasteiger partial charge is 0.497 e. The smallest absolute Gasteiger partial charge is 0.243 e. The van der Waals surface area contributed by atoms with Crippen molar-refractivity contribution in [3.05, 3.63) is 29.8 Å². The molecular formula is C28H41N3O7. The Labute approximate surface area is 224 Å². The van der Waals surface area contributed by atoms with Gasteiger partial charge in [0.2, 0.25) is 17.7 Å². The molecule has 1 saturated carbocycles. The highest BCUT2D eigenvalue weighted by Gasteiger charge is 2.50. The van der Waals surface area contributed by atoms with Crippen LogP contribution >= 0.6 is 0 Å². The van der Waals surface area contributed by atoms with Gasteiger partial charge in [-0.2, -0.15) is 0 Å². The number of ether oxygens (including phenoxy) is 2. The zero-order chi connectivity index (χ0) is 27.9. The third-order valence-electron chi connectivity index (χ3n) is 7.26. The molecule has 1 aromatic carbocycles. The molecule has 0 unspecified atom stereocenters. The Balaban J connectivity index is 1.75. The number of amides is 3. The predicted octanol–water partition coefficient (Wildman–Crippen LogP) is 1.42. The second kappa shape index (κ2) is 13.2. The molecule has 0 radical (unpaired) electrons. The molecule has 10 nitrogen and oxygen atoms in total. The van der Waals surface area contributed by atoms with Gasteiger partial charge in [-0.15, -0.1) is 0 Å². The van der Waals surface area contributed by atoms with E-state index in [1.165, 1.54) is 13.8 Å². The zero-order valence-corrected chi connectivity index (χ0v) is 22.7. The first-order valence-electron chi connectivity index (χ1n) is 13.4.